The fourth-order valence-electron chi connectivity index (χ4n) is 4.25. The molecule has 4 rings (SSSR count). The van der Waals surface area contributed by atoms with Crippen LogP contribution in [0.15, 0.2) is 30.3 Å². The van der Waals surface area contributed by atoms with Gasteiger partial charge in [-0.1, -0.05) is 18.2 Å². The molecule has 0 unspecified atom stereocenters. The van der Waals surface area contributed by atoms with Crippen molar-refractivity contribution in [3.63, 3.8) is 0 Å². The Morgan fingerprint density at radius 3 is 2.87 bits per heavy atom. The summed E-state index contributed by atoms with van der Waals surface area (Å²) in [4.78, 5) is 33.4. The molecule has 1 N–H and O–H groups in total. The number of carbonyl (C=O) groups excluding carboxylic acids is 2. The van der Waals surface area contributed by atoms with Crippen LogP contribution in [0.4, 0.5) is 0 Å². The average Bonchev–Trinajstić information content (AvgIpc) is 3.14. The van der Waals surface area contributed by atoms with E-state index in [1.807, 2.05) is 24.3 Å². The molecule has 0 spiro atoms. The van der Waals surface area contributed by atoms with Crippen LogP contribution >= 0.6 is 0 Å². The summed E-state index contributed by atoms with van der Waals surface area (Å²) in [5.41, 5.74) is 1.29. The highest BCUT2D eigenvalue weighted by Crippen LogP contribution is 2.26. The number of fused-ring (bicyclic) bond motifs is 2. The number of pyridine rings is 1. The molecule has 2 saturated heterocycles. The van der Waals surface area contributed by atoms with Crippen LogP contribution in [-0.2, 0) is 9.53 Å². The van der Waals surface area contributed by atoms with E-state index in [0.717, 1.165) is 23.9 Å². The Morgan fingerprint density at radius 2 is 2.10 bits per heavy atom. The van der Waals surface area contributed by atoms with Gasteiger partial charge < -0.3 is 19.7 Å². The number of hydrogen-bond donors (Lipinski definition) is 1. The summed E-state index contributed by atoms with van der Waals surface area (Å²) in [6.45, 7) is 2.05. The third-order valence-corrected chi connectivity index (χ3v) is 5.87. The summed E-state index contributed by atoms with van der Waals surface area (Å²) in [5, 5.41) is 3.98. The standard InChI is InChI=1S/C22H28N4O4/c1-25(2)21(27)9-16-12-26-11-14(8-15(26)13-30-16)23-22(28)18-10-20(29-3)24-19-7-5-4-6-17(18)19/h4-7,10,14-16H,8-9,11-13H2,1-3H3,(H,23,28)/t14-,15-,16-/m0/s1. The molecule has 1 aromatic carbocycles. The highest BCUT2D eigenvalue weighted by molar-refractivity contribution is 6.06. The molecule has 0 aliphatic carbocycles. The molecule has 0 bridgehead atoms. The number of carbonyl (C=O) groups is 2. The number of aromatic nitrogens is 1. The van der Waals surface area contributed by atoms with Crippen molar-refractivity contribution in [1.82, 2.24) is 20.1 Å². The maximum Gasteiger partial charge on any atom is 0.252 e. The number of para-hydroxylation sites is 1. The highest BCUT2D eigenvalue weighted by atomic mass is 16.5. The fraction of sp³-hybridized carbons (Fsp3) is 0.500. The third-order valence-electron chi connectivity index (χ3n) is 5.87. The summed E-state index contributed by atoms with van der Waals surface area (Å²) in [6.07, 6.45) is 1.12. The smallest absolute Gasteiger partial charge is 0.252 e. The predicted molar refractivity (Wildman–Crippen MR) is 113 cm³/mol. The van der Waals surface area contributed by atoms with Gasteiger partial charge in [-0.15, -0.1) is 0 Å². The molecule has 8 heteroatoms. The molecular formula is C22H28N4O4. The molecule has 3 atom stereocenters. The van der Waals surface area contributed by atoms with Crippen LogP contribution in [0.3, 0.4) is 0 Å². The molecule has 0 saturated carbocycles. The van der Waals surface area contributed by atoms with E-state index in [0.29, 0.717) is 31.0 Å². The second-order valence-corrected chi connectivity index (χ2v) is 8.19. The van der Waals surface area contributed by atoms with Crippen LogP contribution in [0.5, 0.6) is 5.88 Å². The van der Waals surface area contributed by atoms with Crippen molar-refractivity contribution in [2.24, 2.45) is 0 Å². The van der Waals surface area contributed by atoms with Gasteiger partial charge in [-0.05, 0) is 12.5 Å². The molecule has 3 heterocycles. The van der Waals surface area contributed by atoms with Crippen molar-refractivity contribution in [2.45, 2.75) is 31.0 Å². The van der Waals surface area contributed by atoms with Crippen molar-refractivity contribution in [1.29, 1.82) is 0 Å². The lowest BCUT2D eigenvalue weighted by Gasteiger charge is -2.35. The quantitative estimate of drug-likeness (QED) is 0.797. The maximum absolute atomic E-state index is 13.1. The van der Waals surface area contributed by atoms with Crippen LogP contribution in [0.1, 0.15) is 23.2 Å². The Morgan fingerprint density at radius 1 is 1.30 bits per heavy atom. The number of hydrogen-bond acceptors (Lipinski definition) is 6. The number of amides is 2. The molecule has 8 nitrogen and oxygen atoms in total. The van der Waals surface area contributed by atoms with E-state index in [9.17, 15) is 9.59 Å². The molecule has 1 aromatic heterocycles. The van der Waals surface area contributed by atoms with E-state index in [4.69, 9.17) is 9.47 Å². The summed E-state index contributed by atoms with van der Waals surface area (Å²) < 4.78 is 11.2. The van der Waals surface area contributed by atoms with E-state index in [1.54, 1.807) is 32.2 Å². The monoisotopic (exact) mass is 412 g/mol. The molecule has 30 heavy (non-hydrogen) atoms. The molecule has 2 aromatic rings. The molecule has 160 valence electrons. The van der Waals surface area contributed by atoms with Crippen molar-refractivity contribution < 1.29 is 19.1 Å². The van der Waals surface area contributed by atoms with Gasteiger partial charge in [0.2, 0.25) is 11.8 Å². The van der Waals surface area contributed by atoms with E-state index in [2.05, 4.69) is 15.2 Å². The summed E-state index contributed by atoms with van der Waals surface area (Å²) in [6, 6.07) is 9.55. The van der Waals surface area contributed by atoms with E-state index in [-0.39, 0.29) is 30.0 Å². The molecule has 2 aliphatic rings. The van der Waals surface area contributed by atoms with Gasteiger partial charge >= 0.3 is 0 Å². The SMILES string of the molecule is COc1cc(C(=O)N[C@H]2C[C@H]3CO[C@@H](CC(=O)N(C)C)CN3C2)c2ccccc2n1. The highest BCUT2D eigenvalue weighted by Gasteiger charge is 2.38. The van der Waals surface area contributed by atoms with Gasteiger partial charge in [0.25, 0.3) is 5.91 Å². The molecule has 0 radical (unpaired) electrons. The second kappa shape index (κ2) is 8.57. The van der Waals surface area contributed by atoms with Crippen molar-refractivity contribution >= 4 is 22.7 Å². The van der Waals surface area contributed by atoms with Gasteiger partial charge in [-0.2, -0.15) is 0 Å². The zero-order valence-electron chi connectivity index (χ0n) is 17.6. The first-order valence-corrected chi connectivity index (χ1v) is 10.2. The normalized spacial score (nSPS) is 23.8. The molecule has 2 aliphatic heterocycles. The minimum absolute atomic E-state index is 0.0346. The number of methoxy groups -OCH3 is 1. The van der Waals surface area contributed by atoms with Crippen LogP contribution in [0.25, 0.3) is 10.9 Å². The van der Waals surface area contributed by atoms with Gasteiger partial charge in [0.05, 0.1) is 37.3 Å². The minimum atomic E-state index is -0.128. The Kier molecular flexibility index (Phi) is 5.87. The number of benzene rings is 1. The topological polar surface area (TPSA) is 84.0 Å². The molecule has 2 amide bonds. The third kappa shape index (κ3) is 4.24. The van der Waals surface area contributed by atoms with Gasteiger partial charge in [0.15, 0.2) is 0 Å². The summed E-state index contributed by atoms with van der Waals surface area (Å²) in [7, 11) is 5.06. The number of ether oxygens (including phenoxy) is 2. The van der Waals surface area contributed by atoms with E-state index < -0.39 is 0 Å². The van der Waals surface area contributed by atoms with Crippen LogP contribution < -0.4 is 10.1 Å². The molecular weight excluding hydrogens is 384 g/mol. The first-order chi connectivity index (χ1) is 14.4. The lowest BCUT2D eigenvalue weighted by atomic mass is 10.1. The van der Waals surface area contributed by atoms with Gasteiger partial charge in [-0.3, -0.25) is 14.5 Å². The van der Waals surface area contributed by atoms with Crippen molar-refractivity contribution in [2.75, 3.05) is 40.9 Å². The zero-order chi connectivity index (χ0) is 21.3. The Labute approximate surface area is 176 Å². The van der Waals surface area contributed by atoms with Crippen molar-refractivity contribution in [3.05, 3.63) is 35.9 Å². The van der Waals surface area contributed by atoms with Crippen LogP contribution in [0.2, 0.25) is 0 Å². The predicted octanol–water partition coefficient (Wildman–Crippen LogP) is 1.29. The van der Waals surface area contributed by atoms with Crippen molar-refractivity contribution in [3.8, 4) is 5.88 Å². The maximum atomic E-state index is 13.1. The first kappa shape index (κ1) is 20.6. The minimum Gasteiger partial charge on any atom is -0.481 e. The first-order valence-electron chi connectivity index (χ1n) is 10.2. The number of nitrogens with one attached hydrogen (secondary N) is 1. The lowest BCUT2D eigenvalue weighted by Crippen LogP contribution is -2.47. The van der Waals surface area contributed by atoms with Gasteiger partial charge in [0, 0.05) is 50.7 Å². The number of nitrogens with zero attached hydrogens (tertiary/aromatic N) is 3. The zero-order valence-corrected chi connectivity index (χ0v) is 17.6. The van der Waals surface area contributed by atoms with Crippen LogP contribution in [0, 0.1) is 0 Å². The van der Waals surface area contributed by atoms with E-state index >= 15 is 0 Å². The van der Waals surface area contributed by atoms with Gasteiger partial charge in [-0.25, -0.2) is 4.98 Å². The summed E-state index contributed by atoms with van der Waals surface area (Å²) in [5.74, 6) is 0.363. The summed E-state index contributed by atoms with van der Waals surface area (Å²) >= 11 is 0. The number of rotatable bonds is 5. The Balaban J connectivity index is 1.42. The number of morpholine rings is 1. The Hall–Kier alpha value is -2.71. The fourth-order valence-corrected chi connectivity index (χ4v) is 4.25. The molecule has 2 fully saturated rings. The largest absolute Gasteiger partial charge is 0.481 e. The van der Waals surface area contributed by atoms with Gasteiger partial charge in [0.1, 0.15) is 0 Å². The second-order valence-electron chi connectivity index (χ2n) is 8.19. The average molecular weight is 412 g/mol. The van der Waals surface area contributed by atoms with Crippen LogP contribution in [-0.4, -0.2) is 85.7 Å². The lowest BCUT2D eigenvalue weighted by molar-refractivity contribution is -0.134. The van der Waals surface area contributed by atoms with E-state index in [1.165, 1.54) is 0 Å². The Bertz CT molecular complexity index is 948.